The molecule has 23 heavy (non-hydrogen) atoms. The number of amides is 3. The number of fused-ring (bicyclic) bond motifs is 1. The number of imide groups is 1. The van der Waals surface area contributed by atoms with Crippen LogP contribution in [0.5, 0.6) is 0 Å². The highest BCUT2D eigenvalue weighted by atomic mass is 32.1. The van der Waals surface area contributed by atoms with Crippen LogP contribution in [0.4, 0.5) is 4.79 Å². The van der Waals surface area contributed by atoms with Crippen LogP contribution in [0.1, 0.15) is 30.3 Å². The molecule has 122 valence electrons. The number of nitrogens with one attached hydrogen (secondary N) is 2. The summed E-state index contributed by atoms with van der Waals surface area (Å²) in [5.41, 5.74) is 1.25. The number of nitrogens with zero attached hydrogens (tertiary/aromatic N) is 1. The lowest BCUT2D eigenvalue weighted by Crippen LogP contribution is -2.46. The molecule has 1 aliphatic heterocycles. The molecule has 1 aliphatic rings. The van der Waals surface area contributed by atoms with Crippen LogP contribution < -0.4 is 10.6 Å². The summed E-state index contributed by atoms with van der Waals surface area (Å²) in [6, 6.07) is 7.68. The lowest BCUT2D eigenvalue weighted by Gasteiger charge is -2.22. The third-order valence-corrected chi connectivity index (χ3v) is 5.72. The number of carbonyl (C=O) groups is 2. The van der Waals surface area contributed by atoms with E-state index in [9.17, 15) is 9.59 Å². The number of thiophene rings is 1. The van der Waals surface area contributed by atoms with Crippen LogP contribution in [0, 0.1) is 6.92 Å². The Morgan fingerprint density at radius 1 is 1.35 bits per heavy atom. The van der Waals surface area contributed by atoms with E-state index in [0.29, 0.717) is 13.1 Å². The standard InChI is InChI=1S/C17H21N3O2S/c1-10-13-6-4-5-7-14(13)23-15(10)11(2)19-12(3)16(21)20-9-8-18-17(20)22/h4-7,11-12,19H,8-9H2,1-3H3,(H,18,22)/t11-,12-/m1/s1. The van der Waals surface area contributed by atoms with Crippen molar-refractivity contribution < 1.29 is 9.59 Å². The molecule has 1 fully saturated rings. The summed E-state index contributed by atoms with van der Waals surface area (Å²) in [5, 5.41) is 7.26. The quantitative estimate of drug-likeness (QED) is 0.905. The number of aryl methyl sites for hydroxylation is 1. The van der Waals surface area contributed by atoms with Gasteiger partial charge in [-0.2, -0.15) is 0 Å². The molecule has 0 saturated carbocycles. The molecule has 1 aromatic carbocycles. The van der Waals surface area contributed by atoms with Gasteiger partial charge in [-0.25, -0.2) is 4.79 Å². The Kier molecular flexibility index (Phi) is 4.37. The van der Waals surface area contributed by atoms with E-state index < -0.39 is 6.04 Å². The highest BCUT2D eigenvalue weighted by Crippen LogP contribution is 2.34. The smallest absolute Gasteiger partial charge is 0.324 e. The first-order valence-electron chi connectivity index (χ1n) is 7.82. The minimum Gasteiger partial charge on any atom is -0.336 e. The predicted molar refractivity (Wildman–Crippen MR) is 92.7 cm³/mol. The normalized spacial score (nSPS) is 17.3. The number of rotatable bonds is 4. The van der Waals surface area contributed by atoms with Gasteiger partial charge in [0.05, 0.1) is 6.04 Å². The average molecular weight is 331 g/mol. The minimum atomic E-state index is -0.404. The van der Waals surface area contributed by atoms with E-state index in [1.165, 1.54) is 25.4 Å². The molecule has 2 N–H and O–H groups in total. The van der Waals surface area contributed by atoms with Gasteiger partial charge in [-0.15, -0.1) is 11.3 Å². The monoisotopic (exact) mass is 331 g/mol. The van der Waals surface area contributed by atoms with Gasteiger partial charge in [0.25, 0.3) is 0 Å². The Bertz CT molecular complexity index is 755. The maximum atomic E-state index is 12.4. The molecule has 0 radical (unpaired) electrons. The molecular weight excluding hydrogens is 310 g/mol. The SMILES string of the molecule is Cc1c([C@@H](C)N[C@H](C)C(=O)N2CCNC2=O)sc2ccccc12. The zero-order chi connectivity index (χ0) is 16.6. The molecule has 0 aliphatic carbocycles. The molecular formula is C17H21N3O2S. The van der Waals surface area contributed by atoms with Crippen molar-refractivity contribution >= 4 is 33.4 Å². The van der Waals surface area contributed by atoms with Gasteiger partial charge in [0.1, 0.15) is 0 Å². The molecule has 0 unspecified atom stereocenters. The topological polar surface area (TPSA) is 61.4 Å². The molecule has 0 spiro atoms. The summed E-state index contributed by atoms with van der Waals surface area (Å²) in [6.45, 7) is 6.97. The zero-order valence-electron chi connectivity index (χ0n) is 13.6. The van der Waals surface area contributed by atoms with Crippen molar-refractivity contribution in [3.63, 3.8) is 0 Å². The molecule has 0 bridgehead atoms. The number of hydrogen-bond donors (Lipinski definition) is 2. The fraction of sp³-hybridized carbons (Fsp3) is 0.412. The van der Waals surface area contributed by atoms with Crippen molar-refractivity contribution in [2.45, 2.75) is 32.9 Å². The largest absolute Gasteiger partial charge is 0.336 e. The van der Waals surface area contributed by atoms with Crippen molar-refractivity contribution in [1.82, 2.24) is 15.5 Å². The Labute approximate surface area is 139 Å². The second kappa shape index (κ2) is 6.29. The van der Waals surface area contributed by atoms with Crippen molar-refractivity contribution in [3.05, 3.63) is 34.7 Å². The molecule has 2 atom stereocenters. The predicted octanol–water partition coefficient (Wildman–Crippen LogP) is 2.80. The highest BCUT2D eigenvalue weighted by molar-refractivity contribution is 7.19. The van der Waals surface area contributed by atoms with Gasteiger partial charge in [-0.1, -0.05) is 18.2 Å². The first-order chi connectivity index (χ1) is 11.0. The van der Waals surface area contributed by atoms with Gasteiger partial charge >= 0.3 is 6.03 Å². The maximum Gasteiger partial charge on any atom is 0.324 e. The molecule has 2 aromatic rings. The van der Waals surface area contributed by atoms with E-state index in [0.717, 1.165) is 0 Å². The van der Waals surface area contributed by atoms with Crippen LogP contribution in [-0.4, -0.2) is 36.0 Å². The number of benzene rings is 1. The third kappa shape index (κ3) is 2.96. The molecule has 1 saturated heterocycles. The van der Waals surface area contributed by atoms with Gasteiger partial charge in [-0.05, 0) is 37.8 Å². The summed E-state index contributed by atoms with van der Waals surface area (Å²) < 4.78 is 1.26. The molecule has 3 amide bonds. The van der Waals surface area contributed by atoms with Crippen LogP contribution in [0.3, 0.4) is 0 Å². The molecule has 5 nitrogen and oxygen atoms in total. The van der Waals surface area contributed by atoms with Gasteiger partial charge in [0.15, 0.2) is 0 Å². The first kappa shape index (κ1) is 16.0. The zero-order valence-corrected chi connectivity index (χ0v) is 14.4. The fourth-order valence-corrected chi connectivity index (χ4v) is 4.27. The van der Waals surface area contributed by atoms with Crippen molar-refractivity contribution in [3.8, 4) is 0 Å². The van der Waals surface area contributed by atoms with E-state index in [4.69, 9.17) is 0 Å². The minimum absolute atomic E-state index is 0.0528. The van der Waals surface area contributed by atoms with E-state index >= 15 is 0 Å². The first-order valence-corrected chi connectivity index (χ1v) is 8.64. The van der Waals surface area contributed by atoms with Crippen LogP contribution >= 0.6 is 11.3 Å². The Balaban J connectivity index is 1.75. The Morgan fingerprint density at radius 2 is 2.09 bits per heavy atom. The lowest BCUT2D eigenvalue weighted by atomic mass is 10.1. The van der Waals surface area contributed by atoms with Crippen LogP contribution in [0.15, 0.2) is 24.3 Å². The second-order valence-electron chi connectivity index (χ2n) is 5.92. The van der Waals surface area contributed by atoms with Crippen LogP contribution in [-0.2, 0) is 4.79 Å². The van der Waals surface area contributed by atoms with Crippen molar-refractivity contribution in [1.29, 1.82) is 0 Å². The Hall–Kier alpha value is -1.92. The van der Waals surface area contributed by atoms with E-state index in [1.54, 1.807) is 11.3 Å². The van der Waals surface area contributed by atoms with Gasteiger partial charge in [0, 0.05) is 28.7 Å². The van der Waals surface area contributed by atoms with E-state index in [1.807, 2.05) is 19.1 Å². The molecule has 2 heterocycles. The second-order valence-corrected chi connectivity index (χ2v) is 7.00. The summed E-state index contributed by atoms with van der Waals surface area (Å²) >= 11 is 1.75. The van der Waals surface area contributed by atoms with Gasteiger partial charge in [-0.3, -0.25) is 15.0 Å². The summed E-state index contributed by atoms with van der Waals surface area (Å²) in [7, 11) is 0. The molecule has 6 heteroatoms. The Morgan fingerprint density at radius 3 is 2.74 bits per heavy atom. The summed E-state index contributed by atoms with van der Waals surface area (Å²) in [6.07, 6.45) is 0. The van der Waals surface area contributed by atoms with Crippen LogP contribution in [0.2, 0.25) is 0 Å². The van der Waals surface area contributed by atoms with Gasteiger partial charge < -0.3 is 5.32 Å². The number of urea groups is 1. The summed E-state index contributed by atoms with van der Waals surface area (Å²) in [4.78, 5) is 26.5. The third-order valence-electron chi connectivity index (χ3n) is 4.27. The molecule has 1 aromatic heterocycles. The van der Waals surface area contributed by atoms with Crippen molar-refractivity contribution in [2.75, 3.05) is 13.1 Å². The average Bonchev–Trinajstić information content (AvgIpc) is 3.11. The maximum absolute atomic E-state index is 12.4. The highest BCUT2D eigenvalue weighted by Gasteiger charge is 2.30. The van der Waals surface area contributed by atoms with Crippen LogP contribution in [0.25, 0.3) is 10.1 Å². The van der Waals surface area contributed by atoms with Gasteiger partial charge in [0.2, 0.25) is 5.91 Å². The number of hydrogen-bond acceptors (Lipinski definition) is 4. The summed E-state index contributed by atoms with van der Waals surface area (Å²) in [5.74, 6) is -0.175. The fourth-order valence-electron chi connectivity index (χ4n) is 3.04. The number of carbonyl (C=O) groups excluding carboxylic acids is 2. The van der Waals surface area contributed by atoms with Crippen molar-refractivity contribution in [2.24, 2.45) is 0 Å². The lowest BCUT2D eigenvalue weighted by molar-refractivity contribution is -0.129. The molecule has 3 rings (SSSR count). The van der Waals surface area contributed by atoms with E-state index in [2.05, 4.69) is 36.6 Å². The van der Waals surface area contributed by atoms with E-state index in [-0.39, 0.29) is 18.0 Å².